The predicted octanol–water partition coefficient (Wildman–Crippen LogP) is 1.28. The van der Waals surface area contributed by atoms with Gasteiger partial charge in [-0.05, 0) is 13.1 Å². The van der Waals surface area contributed by atoms with Crippen molar-refractivity contribution in [3.05, 3.63) is 39.4 Å². The van der Waals surface area contributed by atoms with Gasteiger partial charge in [-0.2, -0.15) is 0 Å². The van der Waals surface area contributed by atoms with Gasteiger partial charge in [-0.3, -0.25) is 14.9 Å². The zero-order valence-electron chi connectivity index (χ0n) is 8.29. The highest BCUT2D eigenvalue weighted by Crippen LogP contribution is 2.22. The van der Waals surface area contributed by atoms with Crippen LogP contribution in [-0.4, -0.2) is 24.3 Å². The molecule has 7 heteroatoms. The molecule has 0 saturated heterocycles. The summed E-state index contributed by atoms with van der Waals surface area (Å²) in [6.45, 7) is -0.189. The monoisotopic (exact) mass is 230 g/mol. The zero-order chi connectivity index (χ0) is 12.3. The van der Waals surface area contributed by atoms with E-state index in [0.29, 0.717) is 12.1 Å². The fourth-order valence-corrected chi connectivity index (χ4v) is 1.17. The number of nitrogens with one attached hydrogen (secondary N) is 1. The molecule has 0 saturated carbocycles. The van der Waals surface area contributed by atoms with E-state index >= 15 is 0 Å². The number of Topliss-reactive ketones (excluding diaryl/α,β-unsaturated/α-hetero) is 1. The van der Waals surface area contributed by atoms with Gasteiger partial charge in [0.05, 0.1) is 23.1 Å². The lowest BCUT2D eigenvalue weighted by Crippen LogP contribution is -2.20. The Morgan fingerprint density at radius 3 is 2.50 bits per heavy atom. The highest BCUT2D eigenvalue weighted by atomic mass is 19.2. The van der Waals surface area contributed by atoms with Gasteiger partial charge in [-0.25, -0.2) is 8.78 Å². The Hall–Kier alpha value is -1.89. The van der Waals surface area contributed by atoms with Crippen LogP contribution in [0.3, 0.4) is 0 Å². The third-order valence-electron chi connectivity index (χ3n) is 1.87. The molecule has 0 aliphatic carbocycles. The van der Waals surface area contributed by atoms with Crippen LogP contribution in [0.4, 0.5) is 14.5 Å². The molecule has 86 valence electrons. The predicted molar refractivity (Wildman–Crippen MR) is 51.3 cm³/mol. The molecule has 0 heterocycles. The van der Waals surface area contributed by atoms with E-state index in [2.05, 4.69) is 5.32 Å². The molecule has 0 aliphatic rings. The first-order valence-electron chi connectivity index (χ1n) is 4.28. The number of hydrogen-bond donors (Lipinski definition) is 1. The Labute approximate surface area is 89.2 Å². The van der Waals surface area contributed by atoms with Gasteiger partial charge in [0, 0.05) is 0 Å². The molecule has 0 bridgehead atoms. The number of likely N-dealkylation sites (N-methyl/N-ethyl adjacent to an activating group) is 1. The van der Waals surface area contributed by atoms with Crippen LogP contribution >= 0.6 is 0 Å². The van der Waals surface area contributed by atoms with Crippen LogP contribution in [0, 0.1) is 21.7 Å². The third-order valence-corrected chi connectivity index (χ3v) is 1.87. The summed E-state index contributed by atoms with van der Waals surface area (Å²) in [5.74, 6) is -3.31. The van der Waals surface area contributed by atoms with Crippen molar-refractivity contribution in [2.45, 2.75) is 0 Å². The topological polar surface area (TPSA) is 72.2 Å². The fourth-order valence-electron chi connectivity index (χ4n) is 1.17. The van der Waals surface area contributed by atoms with Gasteiger partial charge < -0.3 is 5.32 Å². The Morgan fingerprint density at radius 1 is 1.44 bits per heavy atom. The summed E-state index contributed by atoms with van der Waals surface area (Å²) in [6.07, 6.45) is 0. The van der Waals surface area contributed by atoms with Crippen LogP contribution < -0.4 is 5.32 Å². The van der Waals surface area contributed by atoms with Crippen molar-refractivity contribution >= 4 is 11.5 Å². The molecule has 5 nitrogen and oxygen atoms in total. The van der Waals surface area contributed by atoms with E-state index in [9.17, 15) is 23.7 Å². The maximum absolute atomic E-state index is 12.9. The van der Waals surface area contributed by atoms with Crippen molar-refractivity contribution in [3.63, 3.8) is 0 Å². The number of nitrogens with zero attached hydrogens (tertiary/aromatic N) is 1. The van der Waals surface area contributed by atoms with Gasteiger partial charge in [0.15, 0.2) is 17.4 Å². The third kappa shape index (κ3) is 2.37. The summed E-state index contributed by atoms with van der Waals surface area (Å²) >= 11 is 0. The van der Waals surface area contributed by atoms with Gasteiger partial charge in [0.2, 0.25) is 0 Å². The SMILES string of the molecule is CNCC(=O)c1cc(F)c(F)cc1[N+](=O)[O-]. The van der Waals surface area contributed by atoms with Crippen LogP contribution in [0.2, 0.25) is 0 Å². The zero-order valence-corrected chi connectivity index (χ0v) is 8.29. The number of halogens is 2. The van der Waals surface area contributed by atoms with Crippen molar-refractivity contribution < 1.29 is 18.5 Å². The second-order valence-corrected chi connectivity index (χ2v) is 2.99. The van der Waals surface area contributed by atoms with Crippen molar-refractivity contribution in [1.29, 1.82) is 0 Å². The summed E-state index contributed by atoms with van der Waals surface area (Å²) in [4.78, 5) is 21.0. The smallest absolute Gasteiger partial charge is 0.283 e. The summed E-state index contributed by atoms with van der Waals surface area (Å²) in [5, 5.41) is 13.0. The molecule has 16 heavy (non-hydrogen) atoms. The quantitative estimate of drug-likeness (QED) is 0.480. The Kier molecular flexibility index (Phi) is 3.62. The number of rotatable bonds is 4. The number of carbonyl (C=O) groups is 1. The Balaban J connectivity index is 3.30. The van der Waals surface area contributed by atoms with Crippen LogP contribution in [-0.2, 0) is 0 Å². The van der Waals surface area contributed by atoms with E-state index in [1.807, 2.05) is 0 Å². The first kappa shape index (κ1) is 12.2. The lowest BCUT2D eigenvalue weighted by molar-refractivity contribution is -0.385. The minimum absolute atomic E-state index is 0.189. The molecule has 0 atom stereocenters. The maximum Gasteiger partial charge on any atom is 0.283 e. The molecule has 0 aromatic heterocycles. The van der Waals surface area contributed by atoms with Gasteiger partial charge in [0.1, 0.15) is 0 Å². The Bertz CT molecular complexity index is 449. The molecule has 0 unspecified atom stereocenters. The first-order valence-corrected chi connectivity index (χ1v) is 4.28. The highest BCUT2D eigenvalue weighted by molar-refractivity contribution is 6.01. The van der Waals surface area contributed by atoms with E-state index in [4.69, 9.17) is 0 Å². The van der Waals surface area contributed by atoms with Crippen molar-refractivity contribution in [1.82, 2.24) is 5.32 Å². The number of carbonyl (C=O) groups excluding carboxylic acids is 1. The second-order valence-electron chi connectivity index (χ2n) is 2.99. The van der Waals surface area contributed by atoms with Crippen LogP contribution in [0.1, 0.15) is 10.4 Å². The molecule has 0 radical (unpaired) electrons. The van der Waals surface area contributed by atoms with Crippen LogP contribution in [0.5, 0.6) is 0 Å². The summed E-state index contributed by atoms with van der Waals surface area (Å²) < 4.78 is 25.6. The average Bonchev–Trinajstić information content (AvgIpc) is 2.21. The van der Waals surface area contributed by atoms with E-state index in [1.165, 1.54) is 7.05 Å². The normalized spacial score (nSPS) is 10.2. The van der Waals surface area contributed by atoms with E-state index in [-0.39, 0.29) is 6.54 Å². The Morgan fingerprint density at radius 2 is 2.00 bits per heavy atom. The lowest BCUT2D eigenvalue weighted by atomic mass is 10.1. The van der Waals surface area contributed by atoms with E-state index < -0.39 is 33.6 Å². The van der Waals surface area contributed by atoms with Crippen LogP contribution in [0.25, 0.3) is 0 Å². The minimum atomic E-state index is -1.35. The number of hydrogen-bond acceptors (Lipinski definition) is 4. The minimum Gasteiger partial charge on any atom is -0.313 e. The van der Waals surface area contributed by atoms with Gasteiger partial charge in [-0.15, -0.1) is 0 Å². The summed E-state index contributed by atoms with van der Waals surface area (Å²) in [6, 6.07) is 0.936. The standard InChI is InChI=1S/C9H8F2N2O3/c1-12-4-9(14)5-2-6(10)7(11)3-8(5)13(15)16/h2-3,12H,4H2,1H3. The molecule has 0 spiro atoms. The molecule has 0 fully saturated rings. The van der Waals surface area contributed by atoms with Gasteiger partial charge in [-0.1, -0.05) is 0 Å². The molecule has 1 aromatic carbocycles. The number of ketones is 1. The van der Waals surface area contributed by atoms with E-state index in [0.717, 1.165) is 0 Å². The van der Waals surface area contributed by atoms with Crippen LogP contribution in [0.15, 0.2) is 12.1 Å². The number of nitro groups is 1. The van der Waals surface area contributed by atoms with Gasteiger partial charge in [0.25, 0.3) is 5.69 Å². The fraction of sp³-hybridized carbons (Fsp3) is 0.222. The molecule has 0 aliphatic heterocycles. The summed E-state index contributed by atoms with van der Waals surface area (Å²) in [7, 11) is 1.46. The number of nitro benzene ring substituents is 1. The molecular formula is C9H8F2N2O3. The van der Waals surface area contributed by atoms with Crippen molar-refractivity contribution in [2.24, 2.45) is 0 Å². The van der Waals surface area contributed by atoms with Crippen molar-refractivity contribution in [3.8, 4) is 0 Å². The molecule has 1 N–H and O–H groups in total. The summed E-state index contributed by atoms with van der Waals surface area (Å²) in [5.41, 5.74) is -1.18. The highest BCUT2D eigenvalue weighted by Gasteiger charge is 2.23. The largest absolute Gasteiger partial charge is 0.313 e. The number of benzene rings is 1. The second kappa shape index (κ2) is 4.75. The molecule has 1 aromatic rings. The molecule has 0 amide bonds. The van der Waals surface area contributed by atoms with Crippen molar-refractivity contribution in [2.75, 3.05) is 13.6 Å². The first-order chi connectivity index (χ1) is 7.47. The lowest BCUT2D eigenvalue weighted by Gasteiger charge is -2.02. The maximum atomic E-state index is 12.9. The molecule has 1 rings (SSSR count). The van der Waals surface area contributed by atoms with E-state index in [1.54, 1.807) is 0 Å². The average molecular weight is 230 g/mol. The molecular weight excluding hydrogens is 222 g/mol. The van der Waals surface area contributed by atoms with Gasteiger partial charge >= 0.3 is 0 Å².